The van der Waals surface area contributed by atoms with Crippen LogP contribution in [0.2, 0.25) is 0 Å². The first-order chi connectivity index (χ1) is 31.2. The van der Waals surface area contributed by atoms with Crippen LogP contribution in [0.25, 0.3) is 0 Å². The molecule has 2 N–H and O–H groups in total. The third-order valence-electron chi connectivity index (χ3n) is 11.0. The Morgan fingerprint density at radius 3 is 1.22 bits per heavy atom. The van der Waals surface area contributed by atoms with Gasteiger partial charge in [-0.25, -0.2) is 4.57 Å². The molecular formula is C52H95O11P. The number of rotatable bonds is 48. The van der Waals surface area contributed by atoms with Gasteiger partial charge in [-0.3, -0.25) is 23.4 Å². The molecule has 11 nitrogen and oxygen atoms in total. The fourth-order valence-electron chi connectivity index (χ4n) is 7.03. The Balaban J connectivity index is 4.77. The van der Waals surface area contributed by atoms with Crippen molar-refractivity contribution in [3.8, 4) is 0 Å². The molecule has 0 rings (SSSR count). The topological polar surface area (TPSA) is 155 Å². The quantitative estimate of drug-likeness (QED) is 0.0197. The smallest absolute Gasteiger partial charge is 0.462 e. The minimum Gasteiger partial charge on any atom is -0.462 e. The molecule has 0 saturated heterocycles. The van der Waals surface area contributed by atoms with Gasteiger partial charge in [0.25, 0.3) is 0 Å². The van der Waals surface area contributed by atoms with Crippen LogP contribution < -0.4 is 0 Å². The molecule has 0 saturated carbocycles. The van der Waals surface area contributed by atoms with E-state index in [0.29, 0.717) is 19.3 Å². The number of carbonyl (C=O) groups excluding carboxylic acids is 3. The van der Waals surface area contributed by atoms with Crippen molar-refractivity contribution in [1.82, 2.24) is 0 Å². The van der Waals surface area contributed by atoms with Gasteiger partial charge in [-0.15, -0.1) is 0 Å². The van der Waals surface area contributed by atoms with Gasteiger partial charge in [0.15, 0.2) is 6.10 Å². The predicted molar refractivity (Wildman–Crippen MR) is 261 cm³/mol. The number of ether oxygens (including phenoxy) is 3. The Kier molecular flexibility index (Phi) is 45.5. The van der Waals surface area contributed by atoms with Crippen LogP contribution >= 0.6 is 7.82 Å². The second-order valence-corrected chi connectivity index (χ2v) is 18.8. The van der Waals surface area contributed by atoms with E-state index in [-0.39, 0.29) is 25.9 Å². The molecule has 0 aromatic heterocycles. The monoisotopic (exact) mass is 927 g/mol. The summed E-state index contributed by atoms with van der Waals surface area (Å²) in [5.41, 5.74) is 0. The Morgan fingerprint density at radius 2 is 0.766 bits per heavy atom. The normalized spacial score (nSPS) is 13.8. The summed E-state index contributed by atoms with van der Waals surface area (Å²) in [6, 6.07) is 0. The van der Waals surface area contributed by atoms with Crippen molar-refractivity contribution in [1.29, 1.82) is 0 Å². The summed E-state index contributed by atoms with van der Waals surface area (Å²) in [6.07, 6.45) is 45.4. The minimum atomic E-state index is -4.74. The van der Waals surface area contributed by atoms with Gasteiger partial charge in [0.05, 0.1) is 19.8 Å². The number of allylic oxidation sites excluding steroid dienone is 6. The molecule has 12 heteroatoms. The number of carbonyl (C=O) groups is 3. The van der Waals surface area contributed by atoms with Gasteiger partial charge < -0.3 is 24.2 Å². The molecule has 0 aromatic rings. The van der Waals surface area contributed by atoms with Crippen LogP contribution in [-0.2, 0) is 42.2 Å². The molecule has 0 heterocycles. The number of phosphoric ester groups is 1. The number of hydrogen-bond acceptors (Lipinski definition) is 10. The van der Waals surface area contributed by atoms with Crippen LogP contribution in [0.15, 0.2) is 36.5 Å². The van der Waals surface area contributed by atoms with Gasteiger partial charge in [-0.2, -0.15) is 0 Å². The van der Waals surface area contributed by atoms with Gasteiger partial charge >= 0.3 is 25.7 Å². The van der Waals surface area contributed by atoms with Gasteiger partial charge in [0, 0.05) is 19.3 Å². The number of hydrogen-bond donors (Lipinski definition) is 2. The zero-order chi connectivity index (χ0) is 47.0. The lowest BCUT2D eigenvalue weighted by molar-refractivity contribution is -0.161. The zero-order valence-electron chi connectivity index (χ0n) is 41.0. The maximum atomic E-state index is 12.8. The molecule has 0 fully saturated rings. The van der Waals surface area contributed by atoms with Gasteiger partial charge in [-0.05, 0) is 77.0 Å². The molecule has 3 atom stereocenters. The van der Waals surface area contributed by atoms with Crippen LogP contribution in [0.5, 0.6) is 0 Å². The fraction of sp³-hybridized carbons (Fsp3) is 0.827. The molecule has 0 aliphatic rings. The second-order valence-electron chi connectivity index (χ2n) is 17.3. The lowest BCUT2D eigenvalue weighted by atomic mass is 10.1. The Hall–Kier alpha value is -2.30. The lowest BCUT2D eigenvalue weighted by Crippen LogP contribution is -2.30. The number of aliphatic hydroxyl groups is 1. The standard InChI is InChI=1S/C52H95O11P/c1-4-7-10-13-16-19-21-23-24-26-28-31-34-37-40-43-52(56)63-49(45-59-50(54)41-38-35-32-30-27-25-22-20-17-14-11-8-5-2)47-61-64(57,58)60-46-48(44-53)62-51(55)42-39-36-33-29-18-15-12-9-6-3/h16,19-20,22-24,48-49,53H,4-15,17-18,21,25-47H2,1-3H3,(H,57,58)/b19-16-,22-20-,24-23-. The van der Waals surface area contributed by atoms with E-state index in [1.165, 1.54) is 77.0 Å². The highest BCUT2D eigenvalue weighted by molar-refractivity contribution is 7.47. The lowest BCUT2D eigenvalue weighted by Gasteiger charge is -2.21. The molecule has 0 aromatic carbocycles. The zero-order valence-corrected chi connectivity index (χ0v) is 41.9. The van der Waals surface area contributed by atoms with Crippen molar-refractivity contribution < 1.29 is 52.2 Å². The first-order valence-corrected chi connectivity index (χ1v) is 27.4. The van der Waals surface area contributed by atoms with Crippen molar-refractivity contribution in [3.05, 3.63) is 36.5 Å². The van der Waals surface area contributed by atoms with Crippen LogP contribution in [0.1, 0.15) is 239 Å². The Bertz CT molecular complexity index is 1220. The molecule has 0 amide bonds. The predicted octanol–water partition coefficient (Wildman–Crippen LogP) is 14.5. The SMILES string of the molecule is CCCCC/C=C\C/C=C\CCCCCCCC(=O)OC(COC(=O)CCCCCCC/C=C\CCCCCC)COP(=O)(O)OCC(CO)OC(=O)CCCCCCCCCCC. The summed E-state index contributed by atoms with van der Waals surface area (Å²) in [7, 11) is -4.74. The van der Waals surface area contributed by atoms with Gasteiger partial charge in [0.1, 0.15) is 12.7 Å². The van der Waals surface area contributed by atoms with Gasteiger partial charge in [0.2, 0.25) is 0 Å². The van der Waals surface area contributed by atoms with Crippen LogP contribution in [0, 0.1) is 0 Å². The van der Waals surface area contributed by atoms with Crippen molar-refractivity contribution in [3.63, 3.8) is 0 Å². The molecule has 64 heavy (non-hydrogen) atoms. The average molecular weight is 927 g/mol. The molecule has 374 valence electrons. The van der Waals surface area contributed by atoms with E-state index in [4.69, 9.17) is 23.3 Å². The summed E-state index contributed by atoms with van der Waals surface area (Å²) in [5, 5.41) is 9.74. The van der Waals surface area contributed by atoms with E-state index in [9.17, 15) is 28.9 Å². The van der Waals surface area contributed by atoms with Crippen molar-refractivity contribution >= 4 is 25.7 Å². The molecule has 0 aliphatic heterocycles. The summed E-state index contributed by atoms with van der Waals surface area (Å²) in [6.45, 7) is 4.55. The van der Waals surface area contributed by atoms with Crippen LogP contribution in [-0.4, -0.2) is 66.5 Å². The minimum absolute atomic E-state index is 0.152. The number of phosphoric acid groups is 1. The molecule has 0 bridgehead atoms. The van der Waals surface area contributed by atoms with Crippen molar-refractivity contribution in [2.75, 3.05) is 26.4 Å². The first-order valence-electron chi connectivity index (χ1n) is 25.9. The summed E-state index contributed by atoms with van der Waals surface area (Å²) in [5.74, 6) is -1.48. The molecule has 0 spiro atoms. The van der Waals surface area contributed by atoms with E-state index < -0.39 is 57.8 Å². The average Bonchev–Trinajstić information content (AvgIpc) is 3.28. The highest BCUT2D eigenvalue weighted by atomic mass is 31.2. The largest absolute Gasteiger partial charge is 0.472 e. The second kappa shape index (κ2) is 47.2. The summed E-state index contributed by atoms with van der Waals surface area (Å²) >= 11 is 0. The third-order valence-corrected chi connectivity index (χ3v) is 12.0. The highest BCUT2D eigenvalue weighted by Gasteiger charge is 2.28. The molecule has 0 aliphatic carbocycles. The highest BCUT2D eigenvalue weighted by Crippen LogP contribution is 2.43. The van der Waals surface area contributed by atoms with E-state index in [0.717, 1.165) is 103 Å². The van der Waals surface area contributed by atoms with E-state index in [2.05, 4.69) is 57.2 Å². The maximum absolute atomic E-state index is 12.8. The fourth-order valence-corrected chi connectivity index (χ4v) is 7.81. The van der Waals surface area contributed by atoms with E-state index in [1.54, 1.807) is 0 Å². The first kappa shape index (κ1) is 61.7. The van der Waals surface area contributed by atoms with Crippen molar-refractivity contribution in [2.45, 2.75) is 251 Å². The third kappa shape index (κ3) is 44.9. The van der Waals surface area contributed by atoms with Crippen LogP contribution in [0.3, 0.4) is 0 Å². The molecule has 3 unspecified atom stereocenters. The van der Waals surface area contributed by atoms with Gasteiger partial charge in [-0.1, -0.05) is 179 Å². The number of unbranched alkanes of at least 4 members (excludes halogenated alkanes) is 25. The Morgan fingerprint density at radius 1 is 0.438 bits per heavy atom. The Labute approximate surface area is 390 Å². The van der Waals surface area contributed by atoms with E-state index in [1.807, 2.05) is 0 Å². The molecule has 0 radical (unpaired) electrons. The summed E-state index contributed by atoms with van der Waals surface area (Å²) in [4.78, 5) is 48.2. The summed E-state index contributed by atoms with van der Waals surface area (Å²) < 4.78 is 39.3. The van der Waals surface area contributed by atoms with Crippen LogP contribution in [0.4, 0.5) is 0 Å². The van der Waals surface area contributed by atoms with Crippen molar-refractivity contribution in [2.24, 2.45) is 0 Å². The maximum Gasteiger partial charge on any atom is 0.472 e. The number of esters is 3. The molecular weight excluding hydrogens is 832 g/mol. The van der Waals surface area contributed by atoms with E-state index >= 15 is 0 Å². The number of aliphatic hydroxyl groups excluding tert-OH is 1.